The standard InChI is InChI=1S/C11H20F3NO2/c1-10(7-16,8-17)6-15-4-2-9(3-5-15)11(12,13)14/h9,16-17H,2-8H2,1H3. The Kier molecular flexibility index (Phi) is 4.80. The summed E-state index contributed by atoms with van der Waals surface area (Å²) in [6.07, 6.45) is -3.88. The van der Waals surface area contributed by atoms with Gasteiger partial charge < -0.3 is 15.1 Å². The Morgan fingerprint density at radius 2 is 1.59 bits per heavy atom. The highest BCUT2D eigenvalue weighted by Gasteiger charge is 2.41. The first-order chi connectivity index (χ1) is 7.80. The lowest BCUT2D eigenvalue weighted by atomic mass is 9.89. The van der Waals surface area contributed by atoms with E-state index in [0.29, 0.717) is 19.6 Å². The second-order valence-corrected chi connectivity index (χ2v) is 5.22. The van der Waals surface area contributed by atoms with Gasteiger partial charge in [-0.3, -0.25) is 0 Å². The zero-order chi connectivity index (χ0) is 13.1. The number of aliphatic hydroxyl groups excluding tert-OH is 2. The maximum Gasteiger partial charge on any atom is 0.391 e. The van der Waals surface area contributed by atoms with Crippen molar-refractivity contribution in [1.29, 1.82) is 0 Å². The number of rotatable bonds is 4. The molecule has 1 saturated heterocycles. The topological polar surface area (TPSA) is 43.7 Å². The van der Waals surface area contributed by atoms with Gasteiger partial charge in [0, 0.05) is 12.0 Å². The van der Waals surface area contributed by atoms with Crippen LogP contribution in [-0.4, -0.2) is 54.1 Å². The molecular formula is C11H20F3NO2. The minimum Gasteiger partial charge on any atom is -0.396 e. The van der Waals surface area contributed by atoms with Crippen LogP contribution < -0.4 is 0 Å². The van der Waals surface area contributed by atoms with E-state index < -0.39 is 17.5 Å². The molecule has 1 aliphatic heterocycles. The molecule has 17 heavy (non-hydrogen) atoms. The molecule has 0 atom stereocenters. The maximum atomic E-state index is 12.4. The van der Waals surface area contributed by atoms with E-state index in [1.54, 1.807) is 6.92 Å². The SMILES string of the molecule is CC(CO)(CO)CN1CCC(C(F)(F)F)CC1. The molecule has 0 spiro atoms. The molecule has 0 aromatic carbocycles. The third-order valence-corrected chi connectivity index (χ3v) is 3.42. The van der Waals surface area contributed by atoms with E-state index in [0.717, 1.165) is 0 Å². The largest absolute Gasteiger partial charge is 0.396 e. The van der Waals surface area contributed by atoms with Crippen LogP contribution in [0, 0.1) is 11.3 Å². The minimum atomic E-state index is -4.09. The molecule has 1 aliphatic rings. The van der Waals surface area contributed by atoms with Crippen LogP contribution >= 0.6 is 0 Å². The van der Waals surface area contributed by atoms with Gasteiger partial charge in [-0.05, 0) is 25.9 Å². The molecule has 0 radical (unpaired) electrons. The minimum absolute atomic E-state index is 0.108. The van der Waals surface area contributed by atoms with Crippen molar-refractivity contribution in [1.82, 2.24) is 4.90 Å². The summed E-state index contributed by atoms with van der Waals surface area (Å²) in [6.45, 7) is 2.58. The molecule has 102 valence electrons. The van der Waals surface area contributed by atoms with Crippen LogP contribution in [0.15, 0.2) is 0 Å². The van der Waals surface area contributed by atoms with Gasteiger partial charge >= 0.3 is 6.18 Å². The first kappa shape index (κ1) is 14.7. The van der Waals surface area contributed by atoms with E-state index in [1.807, 2.05) is 4.90 Å². The summed E-state index contributed by atoms with van der Waals surface area (Å²) >= 11 is 0. The highest BCUT2D eigenvalue weighted by molar-refractivity contribution is 4.82. The molecular weight excluding hydrogens is 235 g/mol. The fraction of sp³-hybridized carbons (Fsp3) is 1.00. The summed E-state index contributed by atoms with van der Waals surface area (Å²) in [5.41, 5.74) is -0.634. The third-order valence-electron chi connectivity index (χ3n) is 3.42. The number of likely N-dealkylation sites (tertiary alicyclic amines) is 1. The highest BCUT2D eigenvalue weighted by atomic mass is 19.4. The molecule has 0 bridgehead atoms. The number of aliphatic hydroxyl groups is 2. The summed E-state index contributed by atoms with van der Waals surface area (Å²) in [7, 11) is 0. The van der Waals surface area contributed by atoms with Gasteiger partial charge in [0.15, 0.2) is 0 Å². The van der Waals surface area contributed by atoms with Crippen LogP contribution in [0.4, 0.5) is 13.2 Å². The normalized spacial score (nSPS) is 20.8. The van der Waals surface area contributed by atoms with Gasteiger partial charge in [-0.15, -0.1) is 0 Å². The van der Waals surface area contributed by atoms with Crippen molar-refractivity contribution in [2.45, 2.75) is 25.9 Å². The summed E-state index contributed by atoms with van der Waals surface area (Å²) < 4.78 is 37.3. The molecule has 3 nitrogen and oxygen atoms in total. The molecule has 0 aromatic rings. The van der Waals surface area contributed by atoms with E-state index in [1.165, 1.54) is 0 Å². The molecule has 2 N–H and O–H groups in total. The third kappa shape index (κ3) is 4.12. The van der Waals surface area contributed by atoms with Gasteiger partial charge in [0.05, 0.1) is 19.1 Å². The van der Waals surface area contributed by atoms with Crippen LogP contribution in [-0.2, 0) is 0 Å². The molecule has 0 aliphatic carbocycles. The van der Waals surface area contributed by atoms with E-state index in [4.69, 9.17) is 10.2 Å². The Bertz CT molecular complexity index is 233. The van der Waals surface area contributed by atoms with Crippen molar-refractivity contribution in [2.24, 2.45) is 11.3 Å². The van der Waals surface area contributed by atoms with Crippen molar-refractivity contribution in [3.63, 3.8) is 0 Å². The van der Waals surface area contributed by atoms with Crippen LogP contribution in [0.2, 0.25) is 0 Å². The van der Waals surface area contributed by atoms with Crippen LogP contribution in [0.1, 0.15) is 19.8 Å². The lowest BCUT2D eigenvalue weighted by Crippen LogP contribution is -2.46. The van der Waals surface area contributed by atoms with Gasteiger partial charge in [-0.25, -0.2) is 0 Å². The predicted molar refractivity (Wildman–Crippen MR) is 57.5 cm³/mol. The number of halogens is 3. The predicted octanol–water partition coefficient (Wildman–Crippen LogP) is 1.25. The monoisotopic (exact) mass is 255 g/mol. The quantitative estimate of drug-likeness (QED) is 0.794. The molecule has 1 fully saturated rings. The lowest BCUT2D eigenvalue weighted by Gasteiger charge is -2.37. The average molecular weight is 255 g/mol. The summed E-state index contributed by atoms with van der Waals surface area (Å²) in [5, 5.41) is 18.3. The Morgan fingerprint density at radius 3 is 1.94 bits per heavy atom. The van der Waals surface area contributed by atoms with Crippen LogP contribution in [0.3, 0.4) is 0 Å². The van der Waals surface area contributed by atoms with Gasteiger partial charge in [-0.1, -0.05) is 6.92 Å². The second kappa shape index (κ2) is 5.54. The Hall–Kier alpha value is -0.330. The van der Waals surface area contributed by atoms with Crippen molar-refractivity contribution in [3.05, 3.63) is 0 Å². The number of nitrogens with zero attached hydrogens (tertiary/aromatic N) is 1. The zero-order valence-electron chi connectivity index (χ0n) is 10.0. The molecule has 6 heteroatoms. The van der Waals surface area contributed by atoms with Crippen molar-refractivity contribution in [2.75, 3.05) is 32.8 Å². The molecule has 1 rings (SSSR count). The summed E-state index contributed by atoms with van der Waals surface area (Å²) in [4.78, 5) is 1.88. The summed E-state index contributed by atoms with van der Waals surface area (Å²) in [6, 6.07) is 0. The molecule has 0 amide bonds. The number of hydrogen-bond donors (Lipinski definition) is 2. The van der Waals surface area contributed by atoms with E-state index in [9.17, 15) is 13.2 Å². The maximum absolute atomic E-state index is 12.4. The fourth-order valence-electron chi connectivity index (χ4n) is 2.11. The van der Waals surface area contributed by atoms with Gasteiger partial charge in [0.25, 0.3) is 0 Å². The van der Waals surface area contributed by atoms with Crippen LogP contribution in [0.25, 0.3) is 0 Å². The first-order valence-electron chi connectivity index (χ1n) is 5.81. The van der Waals surface area contributed by atoms with Gasteiger partial charge in [-0.2, -0.15) is 13.2 Å². The molecule has 0 saturated carbocycles. The molecule has 0 unspecified atom stereocenters. The average Bonchev–Trinajstić information content (AvgIpc) is 2.28. The zero-order valence-corrected chi connectivity index (χ0v) is 10.0. The molecule has 0 aromatic heterocycles. The smallest absolute Gasteiger partial charge is 0.391 e. The Morgan fingerprint density at radius 1 is 1.12 bits per heavy atom. The van der Waals surface area contributed by atoms with Crippen LogP contribution in [0.5, 0.6) is 0 Å². The number of piperidine rings is 1. The number of alkyl halides is 3. The lowest BCUT2D eigenvalue weighted by molar-refractivity contribution is -0.186. The first-order valence-corrected chi connectivity index (χ1v) is 5.81. The van der Waals surface area contributed by atoms with Crippen molar-refractivity contribution >= 4 is 0 Å². The van der Waals surface area contributed by atoms with Crippen molar-refractivity contribution < 1.29 is 23.4 Å². The number of hydrogen-bond acceptors (Lipinski definition) is 3. The van der Waals surface area contributed by atoms with E-state index in [2.05, 4.69) is 0 Å². The highest BCUT2D eigenvalue weighted by Crippen LogP contribution is 2.34. The Labute approximate surface area is 99.2 Å². The molecule has 1 heterocycles. The van der Waals surface area contributed by atoms with Gasteiger partial charge in [0.1, 0.15) is 0 Å². The van der Waals surface area contributed by atoms with Gasteiger partial charge in [0.2, 0.25) is 0 Å². The summed E-state index contributed by atoms with van der Waals surface area (Å²) in [5.74, 6) is -1.20. The van der Waals surface area contributed by atoms with Crippen molar-refractivity contribution in [3.8, 4) is 0 Å². The Balaban J connectivity index is 2.42. The van der Waals surface area contributed by atoms with E-state index >= 15 is 0 Å². The fourth-order valence-corrected chi connectivity index (χ4v) is 2.11. The second-order valence-electron chi connectivity index (χ2n) is 5.22. The van der Waals surface area contributed by atoms with E-state index in [-0.39, 0.29) is 26.1 Å².